The predicted octanol–water partition coefficient (Wildman–Crippen LogP) is 4.34. The minimum absolute atomic E-state index is 0.00550. The highest BCUT2D eigenvalue weighted by atomic mass is 19.2. The van der Waals surface area contributed by atoms with Crippen LogP contribution in [0.2, 0.25) is 0 Å². The van der Waals surface area contributed by atoms with Crippen molar-refractivity contribution in [3.8, 4) is 17.9 Å². The summed E-state index contributed by atoms with van der Waals surface area (Å²) in [6.45, 7) is 0.754. The van der Waals surface area contributed by atoms with Gasteiger partial charge in [-0.05, 0) is 42.8 Å². The van der Waals surface area contributed by atoms with Gasteiger partial charge < -0.3 is 14.9 Å². The van der Waals surface area contributed by atoms with Crippen LogP contribution in [0.25, 0.3) is 0 Å². The summed E-state index contributed by atoms with van der Waals surface area (Å²) in [5.41, 5.74) is 1.54. The molecule has 6 nitrogen and oxygen atoms in total. The van der Waals surface area contributed by atoms with Crippen LogP contribution in [0.3, 0.4) is 0 Å². The van der Waals surface area contributed by atoms with E-state index in [9.17, 15) is 18.7 Å². The summed E-state index contributed by atoms with van der Waals surface area (Å²) >= 11 is 0. The van der Waals surface area contributed by atoms with Crippen LogP contribution in [0.4, 0.5) is 14.5 Å². The number of anilines is 1. The van der Waals surface area contributed by atoms with E-state index in [0.29, 0.717) is 36.3 Å². The van der Waals surface area contributed by atoms with E-state index in [0.717, 1.165) is 6.07 Å². The first-order valence-corrected chi connectivity index (χ1v) is 10.6. The molecule has 0 aliphatic carbocycles. The van der Waals surface area contributed by atoms with Crippen LogP contribution in [-0.4, -0.2) is 35.0 Å². The smallest absolute Gasteiger partial charge is 0.253 e. The average Bonchev–Trinajstić information content (AvgIpc) is 3.34. The number of nitrogens with zero attached hydrogens (tertiary/aromatic N) is 4. The normalized spacial score (nSPS) is 14.9. The lowest BCUT2D eigenvalue weighted by Gasteiger charge is -2.32. The quantitative estimate of drug-likeness (QED) is 0.614. The first-order valence-electron chi connectivity index (χ1n) is 10.6. The summed E-state index contributed by atoms with van der Waals surface area (Å²) in [5, 5.41) is 28.4. The van der Waals surface area contributed by atoms with Crippen molar-refractivity contribution in [2.75, 3.05) is 18.0 Å². The first-order chi connectivity index (χ1) is 16.4. The van der Waals surface area contributed by atoms with Gasteiger partial charge >= 0.3 is 0 Å². The number of likely N-dealkylation sites (tertiary alicyclic amines) is 1. The third-order valence-electron chi connectivity index (χ3n) is 5.94. The Balaban J connectivity index is 1.63. The van der Waals surface area contributed by atoms with Gasteiger partial charge in [-0.1, -0.05) is 18.2 Å². The van der Waals surface area contributed by atoms with Gasteiger partial charge in [0.1, 0.15) is 11.8 Å². The van der Waals surface area contributed by atoms with Crippen LogP contribution in [0.5, 0.6) is 5.75 Å². The molecular weight excluding hydrogens is 438 g/mol. The van der Waals surface area contributed by atoms with Crippen LogP contribution in [0.15, 0.2) is 60.7 Å². The van der Waals surface area contributed by atoms with E-state index < -0.39 is 11.6 Å². The number of benzene rings is 3. The molecule has 0 saturated carbocycles. The molecule has 0 unspecified atom stereocenters. The maximum atomic E-state index is 14.5. The SMILES string of the molecule is N#Cc1cccc(C(=O)N2CC[C@H](N(Cc3cccc(F)c3F)c3ccc(C#N)c(O)c3)C2)c1. The second-order valence-corrected chi connectivity index (χ2v) is 8.04. The minimum Gasteiger partial charge on any atom is -0.506 e. The van der Waals surface area contributed by atoms with Crippen LogP contribution in [-0.2, 0) is 6.54 Å². The van der Waals surface area contributed by atoms with Crippen LogP contribution < -0.4 is 4.90 Å². The van der Waals surface area contributed by atoms with Gasteiger partial charge in [-0.2, -0.15) is 10.5 Å². The lowest BCUT2D eigenvalue weighted by molar-refractivity contribution is 0.0790. The van der Waals surface area contributed by atoms with Crippen molar-refractivity contribution >= 4 is 11.6 Å². The number of carbonyl (C=O) groups excluding carboxylic acids is 1. The lowest BCUT2D eigenvalue weighted by atomic mass is 10.1. The fourth-order valence-electron chi connectivity index (χ4n) is 4.16. The number of halogens is 2. The molecule has 4 rings (SSSR count). The van der Waals surface area contributed by atoms with Crippen LogP contribution in [0.1, 0.15) is 33.5 Å². The molecule has 3 aromatic rings. The molecule has 1 amide bonds. The fourth-order valence-corrected chi connectivity index (χ4v) is 4.16. The number of nitriles is 2. The molecule has 0 spiro atoms. The van der Waals surface area contributed by atoms with E-state index in [1.165, 1.54) is 30.3 Å². The van der Waals surface area contributed by atoms with Crippen molar-refractivity contribution in [1.82, 2.24) is 4.90 Å². The Hall–Kier alpha value is -4.43. The minimum atomic E-state index is -0.958. The summed E-state index contributed by atoms with van der Waals surface area (Å²) in [6, 6.07) is 18.6. The number of hydrogen-bond donors (Lipinski definition) is 1. The van der Waals surface area contributed by atoms with Crippen molar-refractivity contribution in [2.45, 2.75) is 19.0 Å². The number of hydrogen-bond acceptors (Lipinski definition) is 5. The number of phenolic OH excluding ortho intramolecular Hbond substituents is 1. The Kier molecular flexibility index (Phi) is 6.42. The average molecular weight is 458 g/mol. The molecule has 1 aliphatic rings. The highest BCUT2D eigenvalue weighted by Gasteiger charge is 2.32. The Morgan fingerprint density at radius 1 is 1.09 bits per heavy atom. The topological polar surface area (TPSA) is 91.4 Å². The zero-order valence-corrected chi connectivity index (χ0v) is 18.1. The van der Waals surface area contributed by atoms with E-state index in [2.05, 4.69) is 0 Å². The molecule has 34 heavy (non-hydrogen) atoms. The zero-order chi connectivity index (χ0) is 24.2. The molecule has 170 valence electrons. The first kappa shape index (κ1) is 22.8. The highest BCUT2D eigenvalue weighted by molar-refractivity contribution is 5.94. The molecule has 0 aromatic heterocycles. The molecule has 8 heteroatoms. The molecule has 1 aliphatic heterocycles. The van der Waals surface area contributed by atoms with E-state index in [-0.39, 0.29) is 35.4 Å². The number of phenols is 1. The van der Waals surface area contributed by atoms with E-state index in [1.807, 2.05) is 12.1 Å². The summed E-state index contributed by atoms with van der Waals surface area (Å²) < 4.78 is 28.3. The number of amides is 1. The molecule has 0 bridgehead atoms. The Morgan fingerprint density at radius 3 is 2.62 bits per heavy atom. The van der Waals surface area contributed by atoms with Crippen molar-refractivity contribution in [3.63, 3.8) is 0 Å². The summed E-state index contributed by atoms with van der Waals surface area (Å²) in [4.78, 5) is 16.5. The van der Waals surface area contributed by atoms with Crippen LogP contribution in [0, 0.1) is 34.3 Å². The molecule has 1 heterocycles. The third-order valence-corrected chi connectivity index (χ3v) is 5.94. The Morgan fingerprint density at radius 2 is 1.88 bits per heavy atom. The Labute approximate surface area is 195 Å². The van der Waals surface area contributed by atoms with Gasteiger partial charge in [-0.15, -0.1) is 0 Å². The van der Waals surface area contributed by atoms with Gasteiger partial charge in [0.15, 0.2) is 11.6 Å². The second kappa shape index (κ2) is 9.60. The predicted molar refractivity (Wildman–Crippen MR) is 121 cm³/mol. The summed E-state index contributed by atoms with van der Waals surface area (Å²) in [5.74, 6) is -2.35. The molecule has 1 fully saturated rings. The van der Waals surface area contributed by atoms with E-state index in [1.54, 1.807) is 34.1 Å². The van der Waals surface area contributed by atoms with Crippen molar-refractivity contribution in [2.24, 2.45) is 0 Å². The number of carbonyl (C=O) groups is 1. The fraction of sp³-hybridized carbons (Fsp3) is 0.192. The standard InChI is InChI=1S/C26H20F2N4O2/c27-23-6-2-5-20(25(23)28)15-32(21-8-7-19(14-30)24(33)12-21)22-9-10-31(16-22)26(34)18-4-1-3-17(11-18)13-29/h1-8,11-12,22,33H,9-10,15-16H2/t22-/m0/s1. The van der Waals surface area contributed by atoms with Gasteiger partial charge in [-0.25, -0.2) is 8.78 Å². The maximum absolute atomic E-state index is 14.5. The van der Waals surface area contributed by atoms with Crippen molar-refractivity contribution < 1.29 is 18.7 Å². The van der Waals surface area contributed by atoms with Crippen molar-refractivity contribution in [3.05, 3.63) is 94.6 Å². The summed E-state index contributed by atoms with van der Waals surface area (Å²) in [6.07, 6.45) is 0.557. The van der Waals surface area contributed by atoms with Crippen molar-refractivity contribution in [1.29, 1.82) is 10.5 Å². The van der Waals surface area contributed by atoms with Crippen LogP contribution >= 0.6 is 0 Å². The van der Waals surface area contributed by atoms with E-state index >= 15 is 0 Å². The largest absolute Gasteiger partial charge is 0.506 e. The monoisotopic (exact) mass is 458 g/mol. The van der Waals surface area contributed by atoms with Gasteiger partial charge in [0.05, 0.1) is 17.2 Å². The lowest BCUT2D eigenvalue weighted by Crippen LogP contribution is -2.39. The van der Waals surface area contributed by atoms with E-state index in [4.69, 9.17) is 10.5 Å². The zero-order valence-electron chi connectivity index (χ0n) is 18.1. The maximum Gasteiger partial charge on any atom is 0.253 e. The molecule has 1 saturated heterocycles. The molecule has 1 atom stereocenters. The third kappa shape index (κ3) is 4.53. The van der Waals surface area contributed by atoms with Gasteiger partial charge in [-0.3, -0.25) is 4.79 Å². The highest BCUT2D eigenvalue weighted by Crippen LogP contribution is 2.31. The molecule has 0 radical (unpaired) electrons. The molecule has 3 aromatic carbocycles. The Bertz CT molecular complexity index is 1330. The molecule has 1 N–H and O–H groups in total. The van der Waals surface area contributed by atoms with Gasteiger partial charge in [0.2, 0.25) is 0 Å². The second-order valence-electron chi connectivity index (χ2n) is 8.04. The van der Waals surface area contributed by atoms with Gasteiger partial charge in [0, 0.05) is 48.6 Å². The number of rotatable bonds is 5. The number of aromatic hydroxyl groups is 1. The van der Waals surface area contributed by atoms with Gasteiger partial charge in [0.25, 0.3) is 5.91 Å². The molecular formula is C26H20F2N4O2. The summed E-state index contributed by atoms with van der Waals surface area (Å²) in [7, 11) is 0.